The fourth-order valence-corrected chi connectivity index (χ4v) is 2.76. The van der Waals surface area contributed by atoms with E-state index >= 15 is 0 Å². The molecule has 0 aromatic heterocycles. The fraction of sp³-hybridized carbons (Fsp3) is 0.130. The van der Waals surface area contributed by atoms with Crippen LogP contribution in [0.4, 0.5) is 15.8 Å². The van der Waals surface area contributed by atoms with Gasteiger partial charge in [0, 0.05) is 12.6 Å². The number of hydrogen-bond acceptors (Lipinski definition) is 3. The van der Waals surface area contributed by atoms with E-state index in [1.54, 1.807) is 30.3 Å². The lowest BCUT2D eigenvalue weighted by atomic mass is 10.2. The number of nitrogens with one attached hydrogen (secondary N) is 1. The van der Waals surface area contributed by atoms with Gasteiger partial charge in [-0.15, -0.1) is 0 Å². The van der Waals surface area contributed by atoms with E-state index in [1.807, 2.05) is 30.3 Å². The van der Waals surface area contributed by atoms with Crippen molar-refractivity contribution in [3.63, 3.8) is 0 Å². The molecule has 5 nitrogen and oxygen atoms in total. The van der Waals surface area contributed by atoms with Crippen molar-refractivity contribution in [2.24, 2.45) is 0 Å². The predicted octanol–water partition coefficient (Wildman–Crippen LogP) is 4.40. The van der Waals surface area contributed by atoms with E-state index in [0.717, 1.165) is 10.5 Å². The Morgan fingerprint density at radius 3 is 2.24 bits per heavy atom. The van der Waals surface area contributed by atoms with Crippen LogP contribution in [0.5, 0.6) is 5.75 Å². The van der Waals surface area contributed by atoms with Crippen LogP contribution in [-0.4, -0.2) is 18.4 Å². The smallest absolute Gasteiger partial charge is 0.244 e. The molecule has 6 heteroatoms. The average Bonchev–Trinajstić information content (AvgIpc) is 2.73. The Bertz CT molecular complexity index is 975. The average molecular weight is 392 g/mol. The minimum absolute atomic E-state index is 0.0693. The van der Waals surface area contributed by atoms with Crippen LogP contribution in [0.2, 0.25) is 0 Å². The summed E-state index contributed by atoms with van der Waals surface area (Å²) in [7, 11) is 0. The van der Waals surface area contributed by atoms with Crippen LogP contribution >= 0.6 is 0 Å². The van der Waals surface area contributed by atoms with Crippen LogP contribution in [-0.2, 0) is 16.2 Å². The molecule has 0 atom stereocenters. The molecule has 0 aliphatic heterocycles. The third-order valence-corrected chi connectivity index (χ3v) is 4.21. The van der Waals surface area contributed by atoms with E-state index in [1.165, 1.54) is 25.1 Å². The first kappa shape index (κ1) is 20.1. The molecule has 2 amide bonds. The lowest BCUT2D eigenvalue weighted by Crippen LogP contribution is -2.37. The molecule has 3 aromatic rings. The van der Waals surface area contributed by atoms with Gasteiger partial charge in [-0.3, -0.25) is 9.59 Å². The topological polar surface area (TPSA) is 58.6 Å². The zero-order chi connectivity index (χ0) is 20.6. The lowest BCUT2D eigenvalue weighted by molar-refractivity contribution is -0.120. The number of halogens is 1. The SMILES string of the molecule is CC(=O)N(CC(=O)Nc1ccc(OCc2ccccc2)cc1)c1ccccc1F. The quantitative estimate of drug-likeness (QED) is 0.649. The van der Waals surface area contributed by atoms with Gasteiger partial charge in [-0.1, -0.05) is 42.5 Å². The fourth-order valence-electron chi connectivity index (χ4n) is 2.76. The molecular weight excluding hydrogens is 371 g/mol. The molecule has 3 aromatic carbocycles. The number of rotatable bonds is 7. The molecule has 1 N–H and O–H groups in total. The number of ether oxygens (including phenoxy) is 1. The highest BCUT2D eigenvalue weighted by molar-refractivity contribution is 6.01. The Kier molecular flexibility index (Phi) is 6.58. The zero-order valence-corrected chi connectivity index (χ0v) is 16.0. The largest absolute Gasteiger partial charge is 0.489 e. The summed E-state index contributed by atoms with van der Waals surface area (Å²) in [6.07, 6.45) is 0. The van der Waals surface area contributed by atoms with Crippen molar-refractivity contribution >= 4 is 23.2 Å². The van der Waals surface area contributed by atoms with E-state index in [4.69, 9.17) is 4.74 Å². The maximum Gasteiger partial charge on any atom is 0.244 e. The van der Waals surface area contributed by atoms with E-state index in [2.05, 4.69) is 5.32 Å². The number of amides is 2. The summed E-state index contributed by atoms with van der Waals surface area (Å²) in [5.74, 6) is -0.740. The van der Waals surface area contributed by atoms with E-state index in [0.29, 0.717) is 18.0 Å². The number of anilines is 2. The van der Waals surface area contributed by atoms with Gasteiger partial charge in [0.1, 0.15) is 24.7 Å². The highest BCUT2D eigenvalue weighted by atomic mass is 19.1. The Labute approximate surface area is 168 Å². The zero-order valence-electron chi connectivity index (χ0n) is 16.0. The van der Waals surface area contributed by atoms with Crippen molar-refractivity contribution in [3.8, 4) is 5.75 Å². The third-order valence-electron chi connectivity index (χ3n) is 4.21. The monoisotopic (exact) mass is 392 g/mol. The number of benzene rings is 3. The number of para-hydroxylation sites is 1. The van der Waals surface area contributed by atoms with E-state index < -0.39 is 17.6 Å². The second-order valence-corrected chi connectivity index (χ2v) is 6.40. The van der Waals surface area contributed by atoms with Crippen LogP contribution in [0.15, 0.2) is 78.9 Å². The maximum atomic E-state index is 14.0. The Morgan fingerprint density at radius 2 is 1.59 bits per heavy atom. The molecule has 0 spiro atoms. The molecule has 3 rings (SSSR count). The minimum atomic E-state index is -0.560. The highest BCUT2D eigenvalue weighted by Crippen LogP contribution is 2.20. The van der Waals surface area contributed by atoms with Crippen LogP contribution in [0.1, 0.15) is 12.5 Å². The summed E-state index contributed by atoms with van der Waals surface area (Å²) in [4.78, 5) is 25.3. The molecule has 0 aliphatic carbocycles. The minimum Gasteiger partial charge on any atom is -0.489 e. The second-order valence-electron chi connectivity index (χ2n) is 6.40. The molecule has 0 saturated heterocycles. The molecule has 0 radical (unpaired) electrons. The standard InChI is InChI=1S/C23H21FN2O3/c1-17(27)26(22-10-6-5-9-21(22)24)15-23(28)25-19-11-13-20(14-12-19)29-16-18-7-3-2-4-8-18/h2-14H,15-16H2,1H3,(H,25,28). The van der Waals surface area contributed by atoms with Gasteiger partial charge in [0.05, 0.1) is 5.69 Å². The van der Waals surface area contributed by atoms with Crippen LogP contribution < -0.4 is 15.0 Å². The predicted molar refractivity (Wildman–Crippen MR) is 110 cm³/mol. The van der Waals surface area contributed by atoms with Gasteiger partial charge in [0.25, 0.3) is 0 Å². The summed E-state index contributed by atoms with van der Waals surface area (Å²) in [5, 5.41) is 2.71. The van der Waals surface area contributed by atoms with Crippen molar-refractivity contribution in [2.75, 3.05) is 16.8 Å². The first-order valence-electron chi connectivity index (χ1n) is 9.12. The summed E-state index contributed by atoms with van der Waals surface area (Å²) in [6, 6.07) is 22.6. The Balaban J connectivity index is 1.58. The summed E-state index contributed by atoms with van der Waals surface area (Å²) in [6.45, 7) is 1.45. The lowest BCUT2D eigenvalue weighted by Gasteiger charge is -2.21. The van der Waals surface area contributed by atoms with Crippen molar-refractivity contribution < 1.29 is 18.7 Å². The number of nitrogens with zero attached hydrogens (tertiary/aromatic N) is 1. The van der Waals surface area contributed by atoms with Gasteiger partial charge in [-0.2, -0.15) is 0 Å². The van der Waals surface area contributed by atoms with Crippen molar-refractivity contribution in [1.82, 2.24) is 0 Å². The van der Waals surface area contributed by atoms with Crippen LogP contribution in [0.25, 0.3) is 0 Å². The number of carbonyl (C=O) groups excluding carboxylic acids is 2. The van der Waals surface area contributed by atoms with Crippen LogP contribution in [0, 0.1) is 5.82 Å². The van der Waals surface area contributed by atoms with Gasteiger partial charge in [0.2, 0.25) is 11.8 Å². The highest BCUT2D eigenvalue weighted by Gasteiger charge is 2.18. The van der Waals surface area contributed by atoms with Gasteiger partial charge in [0.15, 0.2) is 0 Å². The molecule has 0 fully saturated rings. The first-order valence-corrected chi connectivity index (χ1v) is 9.12. The van der Waals surface area contributed by atoms with Gasteiger partial charge < -0.3 is 15.0 Å². The molecule has 148 valence electrons. The van der Waals surface area contributed by atoms with Gasteiger partial charge >= 0.3 is 0 Å². The molecule has 29 heavy (non-hydrogen) atoms. The molecule has 0 saturated carbocycles. The van der Waals surface area contributed by atoms with Crippen molar-refractivity contribution in [2.45, 2.75) is 13.5 Å². The summed E-state index contributed by atoms with van der Waals surface area (Å²) in [5.41, 5.74) is 1.68. The number of hydrogen-bond donors (Lipinski definition) is 1. The van der Waals surface area contributed by atoms with Crippen molar-refractivity contribution in [1.29, 1.82) is 0 Å². The van der Waals surface area contributed by atoms with Gasteiger partial charge in [-0.25, -0.2) is 4.39 Å². The normalized spacial score (nSPS) is 10.3. The second kappa shape index (κ2) is 9.50. The van der Waals surface area contributed by atoms with E-state index in [9.17, 15) is 14.0 Å². The van der Waals surface area contributed by atoms with Crippen LogP contribution in [0.3, 0.4) is 0 Å². The number of carbonyl (C=O) groups is 2. The summed E-state index contributed by atoms with van der Waals surface area (Å²) >= 11 is 0. The Morgan fingerprint density at radius 1 is 0.931 bits per heavy atom. The van der Waals surface area contributed by atoms with E-state index in [-0.39, 0.29) is 12.2 Å². The third kappa shape index (κ3) is 5.65. The molecule has 0 aliphatic rings. The first-order chi connectivity index (χ1) is 14.0. The molecule has 0 heterocycles. The Hall–Kier alpha value is -3.67. The maximum absolute atomic E-state index is 14.0. The van der Waals surface area contributed by atoms with Gasteiger partial charge in [-0.05, 0) is 42.0 Å². The molecule has 0 unspecified atom stereocenters. The summed E-state index contributed by atoms with van der Waals surface area (Å²) < 4.78 is 19.7. The van der Waals surface area contributed by atoms with Crippen molar-refractivity contribution in [3.05, 3.63) is 90.2 Å². The molecular formula is C23H21FN2O3. The molecule has 0 bridgehead atoms.